The SMILES string of the molecule is COC(=O)C(=Cc1cc(Cl)cc(Cl)c1OS(=O)(=O)c1ccc(C)cc1)C(=O)OC. The van der Waals surface area contributed by atoms with Gasteiger partial charge in [0, 0.05) is 10.6 Å². The molecule has 2 aromatic rings. The summed E-state index contributed by atoms with van der Waals surface area (Å²) in [5.41, 5.74) is 0.313. The van der Waals surface area contributed by atoms with Crippen molar-refractivity contribution < 1.29 is 31.7 Å². The van der Waals surface area contributed by atoms with Crippen LogP contribution in [0, 0.1) is 6.92 Å². The Balaban J connectivity index is 2.61. The molecule has 0 aliphatic carbocycles. The molecule has 0 atom stereocenters. The van der Waals surface area contributed by atoms with Gasteiger partial charge in [0.25, 0.3) is 0 Å². The summed E-state index contributed by atoms with van der Waals surface area (Å²) in [7, 11) is -2.12. The van der Waals surface area contributed by atoms with Crippen LogP contribution in [0.15, 0.2) is 46.9 Å². The number of halogens is 2. The number of carbonyl (C=O) groups excluding carboxylic acids is 2. The first-order chi connectivity index (χ1) is 13.6. The fraction of sp³-hybridized carbons (Fsp3) is 0.158. The van der Waals surface area contributed by atoms with Crippen molar-refractivity contribution >= 4 is 51.3 Å². The zero-order valence-electron chi connectivity index (χ0n) is 15.6. The summed E-state index contributed by atoms with van der Waals surface area (Å²) < 4.78 is 39.6. The van der Waals surface area contributed by atoms with Crippen LogP contribution in [-0.4, -0.2) is 34.6 Å². The minimum absolute atomic E-state index is 0.0380. The monoisotopic (exact) mass is 458 g/mol. The molecule has 0 fully saturated rings. The van der Waals surface area contributed by atoms with E-state index in [4.69, 9.17) is 27.4 Å². The molecule has 0 amide bonds. The van der Waals surface area contributed by atoms with Gasteiger partial charge in [-0.25, -0.2) is 9.59 Å². The van der Waals surface area contributed by atoms with Gasteiger partial charge in [-0.1, -0.05) is 40.9 Å². The van der Waals surface area contributed by atoms with E-state index in [1.54, 1.807) is 19.1 Å². The maximum absolute atomic E-state index is 12.7. The second kappa shape index (κ2) is 9.30. The van der Waals surface area contributed by atoms with Gasteiger partial charge in [0.1, 0.15) is 10.5 Å². The Hall–Kier alpha value is -2.55. The highest BCUT2D eigenvalue weighted by atomic mass is 35.5. The average molecular weight is 459 g/mol. The van der Waals surface area contributed by atoms with Crippen LogP contribution < -0.4 is 4.18 Å². The summed E-state index contributed by atoms with van der Waals surface area (Å²) >= 11 is 12.1. The van der Waals surface area contributed by atoms with E-state index in [9.17, 15) is 18.0 Å². The van der Waals surface area contributed by atoms with E-state index < -0.39 is 27.6 Å². The van der Waals surface area contributed by atoms with Gasteiger partial charge in [0.15, 0.2) is 5.75 Å². The Bertz CT molecular complexity index is 1060. The van der Waals surface area contributed by atoms with Crippen molar-refractivity contribution in [2.75, 3.05) is 14.2 Å². The molecule has 0 saturated carbocycles. The van der Waals surface area contributed by atoms with Crippen molar-refractivity contribution in [1.29, 1.82) is 0 Å². The van der Waals surface area contributed by atoms with Gasteiger partial charge in [-0.15, -0.1) is 0 Å². The summed E-state index contributed by atoms with van der Waals surface area (Å²) in [6, 6.07) is 8.49. The molecule has 2 rings (SSSR count). The maximum atomic E-state index is 12.7. The normalized spacial score (nSPS) is 10.8. The van der Waals surface area contributed by atoms with Crippen LogP contribution in [0.1, 0.15) is 11.1 Å². The smallest absolute Gasteiger partial charge is 0.345 e. The number of rotatable bonds is 6. The zero-order chi connectivity index (χ0) is 21.8. The number of esters is 2. The number of carbonyl (C=O) groups is 2. The molecule has 0 unspecified atom stereocenters. The van der Waals surface area contributed by atoms with Crippen LogP contribution in [0.25, 0.3) is 6.08 Å². The molecule has 0 heterocycles. The molecule has 29 heavy (non-hydrogen) atoms. The quantitative estimate of drug-likeness (QED) is 0.213. The lowest BCUT2D eigenvalue weighted by Gasteiger charge is -2.13. The minimum atomic E-state index is -4.26. The van der Waals surface area contributed by atoms with Crippen molar-refractivity contribution in [2.45, 2.75) is 11.8 Å². The van der Waals surface area contributed by atoms with E-state index >= 15 is 0 Å². The van der Waals surface area contributed by atoms with Crippen molar-refractivity contribution in [3.63, 3.8) is 0 Å². The highest BCUT2D eigenvalue weighted by Crippen LogP contribution is 2.36. The van der Waals surface area contributed by atoms with E-state index in [0.717, 1.165) is 25.9 Å². The fourth-order valence-electron chi connectivity index (χ4n) is 2.21. The first-order valence-corrected chi connectivity index (χ1v) is 10.1. The molecule has 0 spiro atoms. The third kappa shape index (κ3) is 5.50. The van der Waals surface area contributed by atoms with Crippen LogP contribution in [0.4, 0.5) is 0 Å². The lowest BCUT2D eigenvalue weighted by Crippen LogP contribution is -2.16. The van der Waals surface area contributed by atoms with Crippen LogP contribution >= 0.6 is 23.2 Å². The molecular formula is C19H16Cl2O7S. The Labute approximate surface area is 177 Å². The molecule has 2 aromatic carbocycles. The number of methoxy groups -OCH3 is 2. The number of benzene rings is 2. The minimum Gasteiger partial charge on any atom is -0.465 e. The van der Waals surface area contributed by atoms with E-state index in [1.807, 2.05) is 0 Å². The first kappa shape index (κ1) is 22.7. The highest BCUT2D eigenvalue weighted by molar-refractivity contribution is 7.87. The molecule has 0 saturated heterocycles. The van der Waals surface area contributed by atoms with Crippen LogP contribution in [0.2, 0.25) is 10.0 Å². The van der Waals surface area contributed by atoms with Gasteiger partial charge < -0.3 is 13.7 Å². The third-order valence-corrected chi connectivity index (χ3v) is 5.38. The summed E-state index contributed by atoms with van der Waals surface area (Å²) in [5, 5.41) is -0.0241. The second-order valence-corrected chi connectivity index (χ2v) is 8.09. The maximum Gasteiger partial charge on any atom is 0.345 e. The topological polar surface area (TPSA) is 96.0 Å². The van der Waals surface area contributed by atoms with E-state index in [-0.39, 0.29) is 26.3 Å². The van der Waals surface area contributed by atoms with E-state index in [1.165, 1.54) is 24.3 Å². The van der Waals surface area contributed by atoms with Crippen LogP contribution in [0.3, 0.4) is 0 Å². The summed E-state index contributed by atoms with van der Waals surface area (Å²) in [6.07, 6.45) is 1.02. The van der Waals surface area contributed by atoms with Crippen LogP contribution in [-0.2, 0) is 29.2 Å². The van der Waals surface area contributed by atoms with Crippen molar-refractivity contribution in [2.24, 2.45) is 0 Å². The molecule has 0 aliphatic rings. The molecule has 154 valence electrons. The molecule has 0 aromatic heterocycles. The van der Waals surface area contributed by atoms with Crippen molar-refractivity contribution in [3.8, 4) is 5.75 Å². The van der Waals surface area contributed by atoms with Crippen LogP contribution in [0.5, 0.6) is 5.75 Å². The molecule has 0 aliphatic heterocycles. The van der Waals surface area contributed by atoms with Gasteiger partial charge in [-0.3, -0.25) is 0 Å². The zero-order valence-corrected chi connectivity index (χ0v) is 17.9. The number of hydrogen-bond acceptors (Lipinski definition) is 7. The Morgan fingerprint density at radius 3 is 2.03 bits per heavy atom. The lowest BCUT2D eigenvalue weighted by molar-refractivity contribution is -0.143. The summed E-state index contributed by atoms with van der Waals surface area (Å²) in [6.45, 7) is 1.80. The standard InChI is InChI=1S/C19H16Cl2O7S/c1-11-4-6-14(7-5-11)29(24,25)28-17-12(8-13(20)10-16(17)21)9-15(18(22)26-2)19(23)27-3/h4-10H,1-3H3. The van der Waals surface area contributed by atoms with Crippen molar-refractivity contribution in [3.05, 3.63) is 63.1 Å². The Morgan fingerprint density at radius 2 is 1.52 bits per heavy atom. The van der Waals surface area contributed by atoms with Crippen molar-refractivity contribution in [1.82, 2.24) is 0 Å². The van der Waals surface area contributed by atoms with Gasteiger partial charge in [0.05, 0.1) is 19.2 Å². The third-order valence-electron chi connectivity index (χ3n) is 3.65. The van der Waals surface area contributed by atoms with E-state index in [2.05, 4.69) is 9.47 Å². The predicted octanol–water partition coefficient (Wildman–Crippen LogP) is 3.80. The van der Waals surface area contributed by atoms with Gasteiger partial charge >= 0.3 is 22.1 Å². The van der Waals surface area contributed by atoms with E-state index in [0.29, 0.717) is 0 Å². The molecule has 0 N–H and O–H groups in total. The molecular weight excluding hydrogens is 443 g/mol. The second-order valence-electron chi connectivity index (χ2n) is 5.70. The predicted molar refractivity (Wildman–Crippen MR) is 107 cm³/mol. The Morgan fingerprint density at radius 1 is 0.966 bits per heavy atom. The molecule has 0 bridgehead atoms. The first-order valence-electron chi connectivity index (χ1n) is 7.97. The molecule has 10 heteroatoms. The number of ether oxygens (including phenoxy) is 2. The highest BCUT2D eigenvalue weighted by Gasteiger charge is 2.24. The van der Waals surface area contributed by atoms with Gasteiger partial charge in [-0.05, 0) is 37.3 Å². The number of aryl methyl sites for hydroxylation is 1. The summed E-state index contributed by atoms with van der Waals surface area (Å²) in [4.78, 5) is 23.7. The Kier molecular flexibility index (Phi) is 7.29. The largest absolute Gasteiger partial charge is 0.465 e. The average Bonchev–Trinajstić information content (AvgIpc) is 2.67. The lowest BCUT2D eigenvalue weighted by atomic mass is 10.1. The number of hydrogen-bond donors (Lipinski definition) is 0. The van der Waals surface area contributed by atoms with Gasteiger partial charge in [-0.2, -0.15) is 8.42 Å². The molecule has 7 nitrogen and oxygen atoms in total. The fourth-order valence-corrected chi connectivity index (χ4v) is 3.78. The summed E-state index contributed by atoms with van der Waals surface area (Å²) in [5.74, 6) is -2.32. The van der Waals surface area contributed by atoms with Gasteiger partial charge in [0.2, 0.25) is 0 Å². The molecule has 0 radical (unpaired) electrons.